The van der Waals surface area contributed by atoms with Crippen LogP contribution in [-0.4, -0.2) is 39.0 Å². The van der Waals surface area contributed by atoms with Gasteiger partial charge in [-0.3, -0.25) is 0 Å². The summed E-state index contributed by atoms with van der Waals surface area (Å²) in [4.78, 5) is 4.67. The minimum Gasteiger partial charge on any atom is -0.354 e. The second-order valence-corrected chi connectivity index (χ2v) is 8.10. The zero-order chi connectivity index (χ0) is 20.1. The van der Waals surface area contributed by atoms with Crippen molar-refractivity contribution in [2.24, 2.45) is 18.0 Å². The Hall–Kier alpha value is -1.07. The summed E-state index contributed by atoms with van der Waals surface area (Å²) in [6.45, 7) is 2.27. The number of nitrogens with zero attached hydrogens (tertiary/aromatic N) is 4. The smallest absolute Gasteiger partial charge is 0.354 e. The molecule has 0 spiro atoms. The molecule has 2 fully saturated rings. The SMILES string of the molecule is Cc1nnc(CN=C(NC2CCCCC2)NC2CCC(C(F)(F)F)CC2)n1C.I. The minimum atomic E-state index is -4.08. The van der Waals surface area contributed by atoms with Crippen LogP contribution in [0.3, 0.4) is 0 Å². The van der Waals surface area contributed by atoms with Gasteiger partial charge in [0.2, 0.25) is 0 Å². The molecule has 6 nitrogen and oxygen atoms in total. The van der Waals surface area contributed by atoms with Gasteiger partial charge in [0.05, 0.1) is 5.92 Å². The molecule has 0 amide bonds. The highest BCUT2D eigenvalue weighted by molar-refractivity contribution is 14.0. The number of halogens is 4. The van der Waals surface area contributed by atoms with E-state index < -0.39 is 12.1 Å². The first-order valence-corrected chi connectivity index (χ1v) is 10.3. The number of rotatable bonds is 4. The number of aromatic nitrogens is 3. The number of hydrogen-bond acceptors (Lipinski definition) is 3. The van der Waals surface area contributed by atoms with Crippen LogP contribution in [0.1, 0.15) is 69.4 Å². The second-order valence-electron chi connectivity index (χ2n) is 8.10. The molecule has 2 N–H and O–H groups in total. The van der Waals surface area contributed by atoms with Gasteiger partial charge in [0.25, 0.3) is 0 Å². The lowest BCUT2D eigenvalue weighted by Crippen LogP contribution is -2.49. The number of aliphatic imine (C=N–C) groups is 1. The molecule has 1 aromatic rings. The van der Waals surface area contributed by atoms with E-state index in [0.29, 0.717) is 31.4 Å². The van der Waals surface area contributed by atoms with Crippen molar-refractivity contribution in [3.63, 3.8) is 0 Å². The van der Waals surface area contributed by atoms with Crippen molar-refractivity contribution in [2.75, 3.05) is 0 Å². The van der Waals surface area contributed by atoms with E-state index in [-0.39, 0.29) is 42.9 Å². The van der Waals surface area contributed by atoms with Crippen LogP contribution in [0.25, 0.3) is 0 Å². The molecule has 1 aromatic heterocycles. The lowest BCUT2D eigenvalue weighted by Gasteiger charge is -2.32. The van der Waals surface area contributed by atoms with Crippen molar-refractivity contribution in [2.45, 2.75) is 89.5 Å². The molecule has 0 atom stereocenters. The molecule has 0 saturated heterocycles. The van der Waals surface area contributed by atoms with Crippen LogP contribution in [0.2, 0.25) is 0 Å². The van der Waals surface area contributed by atoms with E-state index in [1.54, 1.807) is 0 Å². The fourth-order valence-electron chi connectivity index (χ4n) is 4.07. The Balaban J connectivity index is 0.00000300. The predicted molar refractivity (Wildman–Crippen MR) is 117 cm³/mol. The number of alkyl halides is 3. The van der Waals surface area contributed by atoms with Gasteiger partial charge in [0.15, 0.2) is 11.8 Å². The molecule has 3 rings (SSSR count). The van der Waals surface area contributed by atoms with Crippen molar-refractivity contribution < 1.29 is 13.2 Å². The van der Waals surface area contributed by atoms with Gasteiger partial charge in [0, 0.05) is 19.1 Å². The molecule has 0 bridgehead atoms. The van der Waals surface area contributed by atoms with Gasteiger partial charge in [-0.05, 0) is 45.4 Å². The third-order valence-electron chi connectivity index (χ3n) is 6.04. The quantitative estimate of drug-likeness (QED) is 0.349. The van der Waals surface area contributed by atoms with Crippen LogP contribution in [0, 0.1) is 12.8 Å². The summed E-state index contributed by atoms with van der Waals surface area (Å²) in [5.74, 6) is 1.11. The van der Waals surface area contributed by atoms with Crippen LogP contribution in [-0.2, 0) is 13.6 Å². The first-order valence-electron chi connectivity index (χ1n) is 10.3. The van der Waals surface area contributed by atoms with E-state index in [2.05, 4.69) is 25.8 Å². The summed E-state index contributed by atoms with van der Waals surface area (Å²) < 4.78 is 40.6. The Morgan fingerprint density at radius 3 is 2.10 bits per heavy atom. The van der Waals surface area contributed by atoms with Crippen LogP contribution < -0.4 is 10.6 Å². The first-order chi connectivity index (χ1) is 13.3. The molecule has 0 radical (unpaired) electrons. The van der Waals surface area contributed by atoms with Gasteiger partial charge < -0.3 is 15.2 Å². The van der Waals surface area contributed by atoms with Gasteiger partial charge in [0.1, 0.15) is 12.4 Å². The normalized spacial score (nSPS) is 24.1. The average Bonchev–Trinajstić information content (AvgIpc) is 2.99. The number of guanidine groups is 1. The molecule has 0 unspecified atom stereocenters. The highest BCUT2D eigenvalue weighted by atomic mass is 127. The topological polar surface area (TPSA) is 67.1 Å². The molecule has 2 aliphatic rings. The monoisotopic (exact) mass is 528 g/mol. The summed E-state index contributed by atoms with van der Waals surface area (Å²) in [6.07, 6.45) is 3.17. The lowest BCUT2D eigenvalue weighted by molar-refractivity contribution is -0.182. The second kappa shape index (κ2) is 10.8. The maximum atomic E-state index is 12.9. The third-order valence-corrected chi connectivity index (χ3v) is 6.04. The molecule has 0 aliphatic heterocycles. The fourth-order valence-corrected chi connectivity index (χ4v) is 4.07. The Morgan fingerprint density at radius 2 is 1.59 bits per heavy atom. The molecule has 1 heterocycles. The van der Waals surface area contributed by atoms with Crippen LogP contribution >= 0.6 is 24.0 Å². The number of hydrogen-bond donors (Lipinski definition) is 2. The zero-order valence-electron chi connectivity index (χ0n) is 17.1. The summed E-state index contributed by atoms with van der Waals surface area (Å²) in [5, 5.41) is 15.1. The molecule has 2 saturated carbocycles. The van der Waals surface area contributed by atoms with E-state index in [1.807, 2.05) is 18.5 Å². The van der Waals surface area contributed by atoms with Crippen molar-refractivity contribution in [1.82, 2.24) is 25.4 Å². The molecule has 29 heavy (non-hydrogen) atoms. The van der Waals surface area contributed by atoms with E-state index in [1.165, 1.54) is 19.3 Å². The Morgan fingerprint density at radius 1 is 1.00 bits per heavy atom. The highest BCUT2D eigenvalue weighted by Crippen LogP contribution is 2.37. The number of aryl methyl sites for hydroxylation is 1. The van der Waals surface area contributed by atoms with Crippen LogP contribution in [0.15, 0.2) is 4.99 Å². The Labute approximate surface area is 187 Å². The zero-order valence-corrected chi connectivity index (χ0v) is 19.5. The Kier molecular flexibility index (Phi) is 9.02. The molecule has 10 heteroatoms. The Bertz CT molecular complexity index is 661. The molecular weight excluding hydrogens is 496 g/mol. The number of nitrogens with one attached hydrogen (secondary N) is 2. The van der Waals surface area contributed by atoms with Gasteiger partial charge in [-0.1, -0.05) is 19.3 Å². The fraction of sp³-hybridized carbons (Fsp3) is 0.842. The highest BCUT2D eigenvalue weighted by Gasteiger charge is 2.41. The summed E-state index contributed by atoms with van der Waals surface area (Å²) >= 11 is 0. The van der Waals surface area contributed by atoms with Crippen molar-refractivity contribution in [3.05, 3.63) is 11.6 Å². The van der Waals surface area contributed by atoms with Crippen LogP contribution in [0.4, 0.5) is 13.2 Å². The molecule has 0 aromatic carbocycles. The molecule has 2 aliphatic carbocycles. The standard InChI is InChI=1S/C19H31F3N6.HI/c1-13-26-27-17(28(13)2)12-23-18(24-15-6-4-3-5-7-15)25-16-10-8-14(9-11-16)19(20,21)22;/h14-16H,3-12H2,1-2H3,(H2,23,24,25);1H. The van der Waals surface area contributed by atoms with Crippen LogP contribution in [0.5, 0.6) is 0 Å². The van der Waals surface area contributed by atoms with Gasteiger partial charge >= 0.3 is 6.18 Å². The van der Waals surface area contributed by atoms with E-state index in [4.69, 9.17) is 0 Å². The van der Waals surface area contributed by atoms with E-state index in [9.17, 15) is 13.2 Å². The van der Waals surface area contributed by atoms with Gasteiger partial charge in [-0.15, -0.1) is 34.2 Å². The third kappa shape index (κ3) is 6.99. The van der Waals surface area contributed by atoms with E-state index >= 15 is 0 Å². The van der Waals surface area contributed by atoms with Gasteiger partial charge in [-0.2, -0.15) is 13.2 Å². The van der Waals surface area contributed by atoms with Gasteiger partial charge in [-0.25, -0.2) is 4.99 Å². The minimum absolute atomic E-state index is 0. The van der Waals surface area contributed by atoms with Crippen molar-refractivity contribution in [3.8, 4) is 0 Å². The largest absolute Gasteiger partial charge is 0.391 e. The summed E-state index contributed by atoms with van der Waals surface area (Å²) in [6, 6.07) is 0.391. The molecular formula is C19H32F3IN6. The van der Waals surface area contributed by atoms with E-state index in [0.717, 1.165) is 24.5 Å². The average molecular weight is 528 g/mol. The first kappa shape index (κ1) is 24.2. The van der Waals surface area contributed by atoms with Crippen molar-refractivity contribution in [1.29, 1.82) is 0 Å². The maximum absolute atomic E-state index is 12.9. The molecule has 166 valence electrons. The maximum Gasteiger partial charge on any atom is 0.391 e. The lowest BCUT2D eigenvalue weighted by atomic mass is 9.85. The van der Waals surface area contributed by atoms with Crippen molar-refractivity contribution >= 4 is 29.9 Å². The predicted octanol–water partition coefficient (Wildman–Crippen LogP) is 4.23. The summed E-state index contributed by atoms with van der Waals surface area (Å²) in [7, 11) is 1.90. The summed E-state index contributed by atoms with van der Waals surface area (Å²) in [5.41, 5.74) is 0.